The van der Waals surface area contributed by atoms with Gasteiger partial charge in [0.15, 0.2) is 0 Å². The smallest absolute Gasteiger partial charge is 0.220 e. The van der Waals surface area contributed by atoms with E-state index in [2.05, 4.69) is 41.8 Å². The first-order chi connectivity index (χ1) is 9.24. The molecule has 2 rings (SSSR count). The van der Waals surface area contributed by atoms with Gasteiger partial charge in [-0.2, -0.15) is 0 Å². The maximum Gasteiger partial charge on any atom is 0.220 e. The molecule has 0 spiro atoms. The number of aryl methyl sites for hydroxylation is 1. The third kappa shape index (κ3) is 5.03. The van der Waals surface area contributed by atoms with Crippen LogP contribution >= 0.6 is 0 Å². The monoisotopic (exact) mass is 260 g/mol. The van der Waals surface area contributed by atoms with Crippen LogP contribution in [0.15, 0.2) is 24.3 Å². The summed E-state index contributed by atoms with van der Waals surface area (Å²) in [6.07, 6.45) is 3.96. The lowest BCUT2D eigenvalue weighted by molar-refractivity contribution is -0.122. The predicted molar refractivity (Wildman–Crippen MR) is 78.1 cm³/mol. The molecule has 1 amide bonds. The van der Waals surface area contributed by atoms with Crippen LogP contribution in [0.3, 0.4) is 0 Å². The number of rotatable bonds is 5. The van der Waals surface area contributed by atoms with Gasteiger partial charge in [-0.15, -0.1) is 0 Å². The number of benzene rings is 1. The quantitative estimate of drug-likeness (QED) is 0.850. The highest BCUT2D eigenvalue weighted by Gasteiger charge is 2.16. The van der Waals surface area contributed by atoms with Crippen molar-refractivity contribution in [3.63, 3.8) is 0 Å². The number of amides is 1. The molecule has 0 aromatic heterocycles. The van der Waals surface area contributed by atoms with Crippen LogP contribution in [0.25, 0.3) is 0 Å². The molecular formula is C16H24N2O. The van der Waals surface area contributed by atoms with E-state index < -0.39 is 0 Å². The summed E-state index contributed by atoms with van der Waals surface area (Å²) >= 11 is 0. The lowest BCUT2D eigenvalue weighted by Gasteiger charge is -2.22. The molecule has 3 nitrogen and oxygen atoms in total. The predicted octanol–water partition coefficient (Wildman–Crippen LogP) is 2.04. The average molecular weight is 260 g/mol. The average Bonchev–Trinajstić information content (AvgIpc) is 2.40. The van der Waals surface area contributed by atoms with Crippen molar-refractivity contribution < 1.29 is 4.79 Å². The number of carbonyl (C=O) groups is 1. The molecule has 1 saturated heterocycles. The molecule has 1 fully saturated rings. The fourth-order valence-corrected chi connectivity index (χ4v) is 2.65. The molecule has 1 aromatic carbocycles. The molecule has 2 N–H and O–H groups in total. The maximum atomic E-state index is 11.8. The first-order valence-corrected chi connectivity index (χ1v) is 7.27. The number of hydrogen-bond acceptors (Lipinski definition) is 2. The van der Waals surface area contributed by atoms with Crippen LogP contribution in [-0.2, 0) is 11.2 Å². The van der Waals surface area contributed by atoms with Crippen molar-refractivity contribution in [2.75, 3.05) is 19.6 Å². The molecule has 0 bridgehead atoms. The standard InChI is InChI=1S/C16H24N2O/c1-13-4-2-5-14(10-13)7-9-18-16(19)11-15-6-3-8-17-12-15/h2,4-5,10,15,17H,3,6-9,11-12H2,1H3,(H,18,19). The summed E-state index contributed by atoms with van der Waals surface area (Å²) < 4.78 is 0. The van der Waals surface area contributed by atoms with Gasteiger partial charge in [0.2, 0.25) is 5.91 Å². The summed E-state index contributed by atoms with van der Waals surface area (Å²) in [7, 11) is 0. The molecule has 1 aromatic rings. The van der Waals surface area contributed by atoms with Crippen molar-refractivity contribution in [1.29, 1.82) is 0 Å². The van der Waals surface area contributed by atoms with Crippen molar-refractivity contribution in [3.05, 3.63) is 35.4 Å². The molecule has 19 heavy (non-hydrogen) atoms. The summed E-state index contributed by atoms with van der Waals surface area (Å²) in [6.45, 7) is 4.93. The molecule has 3 heteroatoms. The van der Waals surface area contributed by atoms with Crippen LogP contribution in [-0.4, -0.2) is 25.5 Å². The van der Waals surface area contributed by atoms with E-state index in [4.69, 9.17) is 0 Å². The Morgan fingerprint density at radius 1 is 1.47 bits per heavy atom. The summed E-state index contributed by atoms with van der Waals surface area (Å²) in [5.74, 6) is 0.717. The zero-order chi connectivity index (χ0) is 13.5. The maximum absolute atomic E-state index is 11.8. The van der Waals surface area contributed by atoms with E-state index in [9.17, 15) is 4.79 Å². The van der Waals surface area contributed by atoms with Gasteiger partial charge in [0.25, 0.3) is 0 Å². The largest absolute Gasteiger partial charge is 0.356 e. The summed E-state index contributed by atoms with van der Waals surface area (Å²) in [4.78, 5) is 11.8. The summed E-state index contributed by atoms with van der Waals surface area (Å²) in [5.41, 5.74) is 2.57. The van der Waals surface area contributed by atoms with E-state index in [1.807, 2.05) is 0 Å². The molecule has 0 radical (unpaired) electrons. The second-order valence-corrected chi connectivity index (χ2v) is 5.51. The molecule has 1 heterocycles. The van der Waals surface area contributed by atoms with Crippen molar-refractivity contribution in [3.8, 4) is 0 Å². The Labute approximate surface area is 115 Å². The van der Waals surface area contributed by atoms with Crippen LogP contribution in [0.1, 0.15) is 30.4 Å². The van der Waals surface area contributed by atoms with Gasteiger partial charge in [-0.1, -0.05) is 29.8 Å². The van der Waals surface area contributed by atoms with Crippen molar-refractivity contribution in [2.45, 2.75) is 32.6 Å². The Balaban J connectivity index is 1.66. The minimum Gasteiger partial charge on any atom is -0.356 e. The zero-order valence-electron chi connectivity index (χ0n) is 11.7. The lowest BCUT2D eigenvalue weighted by Crippen LogP contribution is -2.34. The zero-order valence-corrected chi connectivity index (χ0v) is 11.7. The summed E-state index contributed by atoms with van der Waals surface area (Å²) in [5, 5.41) is 6.38. The van der Waals surface area contributed by atoms with Gasteiger partial charge in [-0.05, 0) is 50.8 Å². The van der Waals surface area contributed by atoms with E-state index in [0.29, 0.717) is 12.3 Å². The molecule has 1 aliphatic rings. The second kappa shape index (κ2) is 7.29. The van der Waals surface area contributed by atoms with E-state index in [1.165, 1.54) is 24.0 Å². The minimum absolute atomic E-state index is 0.196. The third-order valence-corrected chi connectivity index (χ3v) is 3.69. The van der Waals surface area contributed by atoms with Gasteiger partial charge < -0.3 is 10.6 Å². The highest BCUT2D eigenvalue weighted by molar-refractivity contribution is 5.76. The van der Waals surface area contributed by atoms with Crippen molar-refractivity contribution >= 4 is 5.91 Å². The van der Waals surface area contributed by atoms with Crippen molar-refractivity contribution in [2.24, 2.45) is 5.92 Å². The Bertz CT molecular complexity index is 411. The molecule has 104 valence electrons. The fourth-order valence-electron chi connectivity index (χ4n) is 2.65. The SMILES string of the molecule is Cc1cccc(CCNC(=O)CC2CCCNC2)c1. The van der Waals surface area contributed by atoms with Crippen LogP contribution < -0.4 is 10.6 Å². The van der Waals surface area contributed by atoms with Gasteiger partial charge in [-0.3, -0.25) is 4.79 Å². The fraction of sp³-hybridized carbons (Fsp3) is 0.562. The van der Waals surface area contributed by atoms with Crippen LogP contribution in [0.2, 0.25) is 0 Å². The van der Waals surface area contributed by atoms with Crippen molar-refractivity contribution in [1.82, 2.24) is 10.6 Å². The number of nitrogens with one attached hydrogen (secondary N) is 2. The molecule has 0 aliphatic carbocycles. The number of carbonyl (C=O) groups excluding carboxylic acids is 1. The normalized spacial score (nSPS) is 19.1. The molecule has 1 atom stereocenters. The molecule has 1 aliphatic heterocycles. The Kier molecular flexibility index (Phi) is 5.40. The van der Waals surface area contributed by atoms with Gasteiger partial charge >= 0.3 is 0 Å². The topological polar surface area (TPSA) is 41.1 Å². The van der Waals surface area contributed by atoms with E-state index in [0.717, 1.165) is 26.1 Å². The summed E-state index contributed by atoms with van der Waals surface area (Å²) in [6, 6.07) is 8.46. The second-order valence-electron chi connectivity index (χ2n) is 5.51. The first-order valence-electron chi connectivity index (χ1n) is 7.27. The van der Waals surface area contributed by atoms with Crippen LogP contribution in [0, 0.1) is 12.8 Å². The van der Waals surface area contributed by atoms with Gasteiger partial charge in [0, 0.05) is 13.0 Å². The highest BCUT2D eigenvalue weighted by atomic mass is 16.1. The molecule has 1 unspecified atom stereocenters. The Morgan fingerprint density at radius 2 is 2.37 bits per heavy atom. The van der Waals surface area contributed by atoms with Gasteiger partial charge in [0.1, 0.15) is 0 Å². The molecular weight excluding hydrogens is 236 g/mol. The first kappa shape index (κ1) is 14.1. The highest BCUT2D eigenvalue weighted by Crippen LogP contribution is 2.13. The van der Waals surface area contributed by atoms with E-state index in [-0.39, 0.29) is 5.91 Å². The van der Waals surface area contributed by atoms with Gasteiger partial charge in [0.05, 0.1) is 0 Å². The van der Waals surface area contributed by atoms with Crippen LogP contribution in [0.5, 0.6) is 0 Å². The third-order valence-electron chi connectivity index (χ3n) is 3.69. The number of piperidine rings is 1. The van der Waals surface area contributed by atoms with Gasteiger partial charge in [-0.25, -0.2) is 0 Å². The van der Waals surface area contributed by atoms with E-state index >= 15 is 0 Å². The minimum atomic E-state index is 0.196. The van der Waals surface area contributed by atoms with Crippen LogP contribution in [0.4, 0.5) is 0 Å². The Morgan fingerprint density at radius 3 is 3.11 bits per heavy atom. The number of hydrogen-bond donors (Lipinski definition) is 2. The molecule has 0 saturated carbocycles. The lowest BCUT2D eigenvalue weighted by atomic mass is 9.96. The Hall–Kier alpha value is -1.35. The van der Waals surface area contributed by atoms with E-state index in [1.54, 1.807) is 0 Å².